The number of likely N-dealkylation sites (N-methyl/N-ethyl adjacent to an activating group) is 1. The van der Waals surface area contributed by atoms with Crippen LogP contribution in [0.3, 0.4) is 0 Å². The van der Waals surface area contributed by atoms with Gasteiger partial charge in [-0.1, -0.05) is 0 Å². The minimum Gasteiger partial charge on any atom is -0.382 e. The van der Waals surface area contributed by atoms with Crippen molar-refractivity contribution >= 4 is 11.3 Å². The summed E-state index contributed by atoms with van der Waals surface area (Å²) in [6, 6.07) is 0. The van der Waals surface area contributed by atoms with Crippen LogP contribution in [0.4, 0.5) is 13.2 Å². The summed E-state index contributed by atoms with van der Waals surface area (Å²) in [5.74, 6) is 0. The van der Waals surface area contributed by atoms with Crippen molar-refractivity contribution in [2.75, 3.05) is 13.6 Å². The predicted molar refractivity (Wildman–Crippen MR) is 55.2 cm³/mol. The third-order valence-electron chi connectivity index (χ3n) is 2.12. The highest BCUT2D eigenvalue weighted by Crippen LogP contribution is 2.21. The molecule has 0 aliphatic rings. The summed E-state index contributed by atoms with van der Waals surface area (Å²) in [5, 5.41) is 8.88. The van der Waals surface area contributed by atoms with Gasteiger partial charge in [0.2, 0.25) is 0 Å². The zero-order chi connectivity index (χ0) is 12.3. The molecule has 3 nitrogen and oxygen atoms in total. The zero-order valence-corrected chi connectivity index (χ0v) is 9.77. The van der Waals surface area contributed by atoms with Crippen LogP contribution < -0.4 is 0 Å². The summed E-state index contributed by atoms with van der Waals surface area (Å²) in [5.41, 5.74) is 2.47. The van der Waals surface area contributed by atoms with E-state index < -0.39 is 18.8 Å². The first-order valence-corrected chi connectivity index (χ1v) is 5.51. The molecule has 0 aromatic carbocycles. The number of alkyl halides is 3. The molecule has 1 N–H and O–H groups in total. The van der Waals surface area contributed by atoms with Crippen molar-refractivity contribution in [1.29, 1.82) is 0 Å². The third kappa shape index (κ3) is 3.73. The van der Waals surface area contributed by atoms with Gasteiger partial charge in [0.1, 0.15) is 0 Å². The van der Waals surface area contributed by atoms with E-state index in [9.17, 15) is 13.2 Å². The van der Waals surface area contributed by atoms with E-state index in [1.165, 1.54) is 23.3 Å². The van der Waals surface area contributed by atoms with E-state index >= 15 is 0 Å². The highest BCUT2D eigenvalue weighted by Gasteiger charge is 2.38. The van der Waals surface area contributed by atoms with Gasteiger partial charge in [0.15, 0.2) is 6.10 Å². The average molecular weight is 254 g/mol. The molecule has 92 valence electrons. The average Bonchev–Trinajstić information content (AvgIpc) is 2.50. The molecule has 1 unspecified atom stereocenters. The maximum Gasteiger partial charge on any atom is 0.415 e. The lowest BCUT2D eigenvalue weighted by Crippen LogP contribution is -2.39. The minimum absolute atomic E-state index is 0.365. The summed E-state index contributed by atoms with van der Waals surface area (Å²) < 4.78 is 36.2. The second-order valence-electron chi connectivity index (χ2n) is 3.62. The molecule has 0 fully saturated rings. The van der Waals surface area contributed by atoms with Crippen LogP contribution >= 0.6 is 11.3 Å². The fraction of sp³-hybridized carbons (Fsp3) is 0.667. The van der Waals surface area contributed by atoms with Gasteiger partial charge in [0, 0.05) is 18.0 Å². The molecule has 1 aromatic rings. The van der Waals surface area contributed by atoms with Crippen LogP contribution in [0.2, 0.25) is 0 Å². The van der Waals surface area contributed by atoms with E-state index in [1.807, 2.05) is 0 Å². The third-order valence-corrected chi connectivity index (χ3v) is 3.04. The van der Waals surface area contributed by atoms with Gasteiger partial charge in [-0.2, -0.15) is 13.2 Å². The molecule has 0 aliphatic carbocycles. The molecule has 1 heterocycles. The van der Waals surface area contributed by atoms with Crippen LogP contribution in [0, 0.1) is 6.92 Å². The Kier molecular flexibility index (Phi) is 4.28. The zero-order valence-electron chi connectivity index (χ0n) is 8.95. The van der Waals surface area contributed by atoms with Crippen LogP contribution in [0.5, 0.6) is 0 Å². The number of rotatable bonds is 4. The molecule has 0 aliphatic heterocycles. The lowest BCUT2D eigenvalue weighted by molar-refractivity contribution is -0.207. The van der Waals surface area contributed by atoms with Gasteiger partial charge in [-0.3, -0.25) is 4.90 Å². The summed E-state index contributed by atoms with van der Waals surface area (Å²) in [7, 11) is 1.54. The van der Waals surface area contributed by atoms with Crippen molar-refractivity contribution in [3.05, 3.63) is 16.1 Å². The largest absolute Gasteiger partial charge is 0.415 e. The second-order valence-corrected chi connectivity index (χ2v) is 4.55. The first-order valence-electron chi connectivity index (χ1n) is 4.63. The van der Waals surface area contributed by atoms with E-state index in [1.54, 1.807) is 12.4 Å². The number of aliphatic hydroxyl groups is 1. The van der Waals surface area contributed by atoms with Crippen LogP contribution in [0.1, 0.15) is 10.6 Å². The lowest BCUT2D eigenvalue weighted by atomic mass is 10.3. The van der Waals surface area contributed by atoms with Crippen LogP contribution in [-0.2, 0) is 6.54 Å². The van der Waals surface area contributed by atoms with Crippen LogP contribution in [-0.4, -0.2) is 40.9 Å². The van der Waals surface area contributed by atoms with E-state index in [0.29, 0.717) is 6.54 Å². The molecule has 7 heteroatoms. The molecule has 0 radical (unpaired) electrons. The van der Waals surface area contributed by atoms with Gasteiger partial charge in [-0.15, -0.1) is 11.3 Å². The number of aromatic nitrogens is 1. The Labute approximate surface area is 95.5 Å². The standard InChI is InChI=1S/C9H13F3N2OS/c1-6-7(16-5-13-6)3-14(2)4-8(15)9(10,11)12/h5,8,15H,3-4H2,1-2H3. The van der Waals surface area contributed by atoms with Crippen molar-refractivity contribution < 1.29 is 18.3 Å². The number of hydrogen-bond acceptors (Lipinski definition) is 4. The second kappa shape index (κ2) is 5.11. The van der Waals surface area contributed by atoms with Gasteiger partial charge < -0.3 is 5.11 Å². The fourth-order valence-electron chi connectivity index (χ4n) is 1.19. The summed E-state index contributed by atoms with van der Waals surface area (Å²) >= 11 is 1.40. The Bertz CT molecular complexity index is 340. The number of aryl methyl sites for hydroxylation is 1. The van der Waals surface area contributed by atoms with Crippen LogP contribution in [0.15, 0.2) is 5.51 Å². The maximum absolute atomic E-state index is 12.1. The SMILES string of the molecule is Cc1ncsc1CN(C)CC(O)C(F)(F)F. The number of nitrogens with zero attached hydrogens (tertiary/aromatic N) is 2. The quantitative estimate of drug-likeness (QED) is 0.890. The van der Waals surface area contributed by atoms with Crippen molar-refractivity contribution in [2.24, 2.45) is 0 Å². The Morgan fingerprint density at radius 2 is 2.19 bits per heavy atom. The van der Waals surface area contributed by atoms with Gasteiger partial charge >= 0.3 is 6.18 Å². The van der Waals surface area contributed by atoms with Crippen LogP contribution in [0.25, 0.3) is 0 Å². The Morgan fingerprint density at radius 1 is 1.56 bits per heavy atom. The monoisotopic (exact) mass is 254 g/mol. The van der Waals surface area contributed by atoms with E-state index in [0.717, 1.165) is 10.6 Å². The van der Waals surface area contributed by atoms with Gasteiger partial charge in [0.25, 0.3) is 0 Å². The van der Waals surface area contributed by atoms with Gasteiger partial charge in [0.05, 0.1) is 11.2 Å². The first-order chi connectivity index (χ1) is 7.30. The minimum atomic E-state index is -4.56. The molecular formula is C9H13F3N2OS. The molecule has 1 aromatic heterocycles. The molecular weight excluding hydrogens is 241 g/mol. The number of hydrogen-bond donors (Lipinski definition) is 1. The van der Waals surface area contributed by atoms with Crippen molar-refractivity contribution in [3.63, 3.8) is 0 Å². The van der Waals surface area contributed by atoms with Crippen molar-refractivity contribution in [3.8, 4) is 0 Å². The van der Waals surface area contributed by atoms with E-state index in [-0.39, 0.29) is 0 Å². The van der Waals surface area contributed by atoms with Gasteiger partial charge in [-0.25, -0.2) is 4.98 Å². The molecule has 0 spiro atoms. The molecule has 0 saturated carbocycles. The molecule has 0 saturated heterocycles. The molecule has 16 heavy (non-hydrogen) atoms. The lowest BCUT2D eigenvalue weighted by Gasteiger charge is -2.21. The maximum atomic E-state index is 12.1. The Hall–Kier alpha value is -0.660. The number of aliphatic hydroxyl groups excluding tert-OH is 1. The normalized spacial score (nSPS) is 14.4. The Balaban J connectivity index is 2.48. The number of thiazole rings is 1. The van der Waals surface area contributed by atoms with Crippen molar-refractivity contribution in [2.45, 2.75) is 25.7 Å². The highest BCUT2D eigenvalue weighted by atomic mass is 32.1. The predicted octanol–water partition coefficient (Wildman–Crippen LogP) is 1.81. The molecule has 0 amide bonds. The van der Waals surface area contributed by atoms with Gasteiger partial charge in [-0.05, 0) is 14.0 Å². The summed E-state index contributed by atoms with van der Waals surface area (Å²) in [6.45, 7) is 1.74. The smallest absolute Gasteiger partial charge is 0.382 e. The molecule has 0 bridgehead atoms. The highest BCUT2D eigenvalue weighted by molar-refractivity contribution is 7.09. The van der Waals surface area contributed by atoms with E-state index in [2.05, 4.69) is 4.98 Å². The molecule has 1 rings (SSSR count). The summed E-state index contributed by atoms with van der Waals surface area (Å²) in [6.07, 6.45) is -6.86. The summed E-state index contributed by atoms with van der Waals surface area (Å²) in [4.78, 5) is 6.35. The fourth-order valence-corrected chi connectivity index (χ4v) is 2.04. The molecule has 1 atom stereocenters. The Morgan fingerprint density at radius 3 is 2.62 bits per heavy atom. The van der Waals surface area contributed by atoms with Crippen molar-refractivity contribution in [1.82, 2.24) is 9.88 Å². The number of halogens is 3. The first kappa shape index (κ1) is 13.4. The topological polar surface area (TPSA) is 36.4 Å². The van der Waals surface area contributed by atoms with E-state index in [4.69, 9.17) is 5.11 Å².